The van der Waals surface area contributed by atoms with Gasteiger partial charge in [0.15, 0.2) is 0 Å². The maximum atomic E-state index is 14.2. The first-order valence-corrected chi connectivity index (χ1v) is 17.3. The van der Waals surface area contributed by atoms with E-state index in [4.69, 9.17) is 0 Å². The van der Waals surface area contributed by atoms with Crippen LogP contribution in [0.5, 0.6) is 0 Å². The highest BCUT2D eigenvalue weighted by Gasteiger charge is 2.57. The lowest BCUT2D eigenvalue weighted by Crippen LogP contribution is -2.33. The highest BCUT2D eigenvalue weighted by molar-refractivity contribution is 8.00. The van der Waals surface area contributed by atoms with E-state index in [9.17, 15) is 32.3 Å². The van der Waals surface area contributed by atoms with Crippen LogP contribution < -0.4 is 15.1 Å². The predicted molar refractivity (Wildman–Crippen MR) is 185 cm³/mol. The Kier molecular flexibility index (Phi) is 8.06. The van der Waals surface area contributed by atoms with Gasteiger partial charge in [0, 0.05) is 21.9 Å². The standard InChI is InChI=1S/C37H30F3N3O4S2/c1-36(2,3)22-17-15-21(16-18-22)28-29-30(33(46)43(32(29)45)26-14-7-6-12-24(26)37(38,39)40)48-34-31(28)49-35(47)42(34)19-27(44)41-25-13-8-10-20-9-4-5-11-23(20)25/h4-18,28-30H,19H2,1-3H3,(H,41,44)/t28-,29-,30+/m0/s1. The minimum Gasteiger partial charge on any atom is -0.324 e. The van der Waals surface area contributed by atoms with Gasteiger partial charge in [-0.3, -0.25) is 23.7 Å². The summed E-state index contributed by atoms with van der Waals surface area (Å²) < 4.78 is 43.6. The molecule has 3 amide bonds. The highest BCUT2D eigenvalue weighted by Crippen LogP contribution is 2.54. The number of imide groups is 1. The molecule has 0 spiro atoms. The number of carbonyl (C=O) groups excluding carboxylic acids is 3. The van der Waals surface area contributed by atoms with Crippen molar-refractivity contribution < 1.29 is 27.6 Å². The molecule has 5 aromatic rings. The van der Waals surface area contributed by atoms with Gasteiger partial charge < -0.3 is 5.32 Å². The van der Waals surface area contributed by atoms with Gasteiger partial charge >= 0.3 is 11.0 Å². The summed E-state index contributed by atoms with van der Waals surface area (Å²) in [5, 5.41) is 3.86. The van der Waals surface area contributed by atoms with Gasteiger partial charge in [-0.05, 0) is 40.1 Å². The second kappa shape index (κ2) is 12.0. The highest BCUT2D eigenvalue weighted by atomic mass is 32.2. The number of anilines is 2. The van der Waals surface area contributed by atoms with Gasteiger partial charge in [-0.15, -0.1) is 0 Å². The lowest BCUT2D eigenvalue weighted by atomic mass is 9.81. The third-order valence-electron chi connectivity index (χ3n) is 9.00. The van der Waals surface area contributed by atoms with Crippen LogP contribution >= 0.6 is 23.1 Å². The third kappa shape index (κ3) is 5.76. The molecular weight excluding hydrogens is 672 g/mol. The van der Waals surface area contributed by atoms with Crippen molar-refractivity contribution in [3.05, 3.63) is 122 Å². The molecule has 3 heterocycles. The van der Waals surface area contributed by atoms with E-state index in [1.54, 1.807) is 6.07 Å². The summed E-state index contributed by atoms with van der Waals surface area (Å²) in [6, 6.07) is 25.1. The van der Waals surface area contributed by atoms with E-state index in [1.165, 1.54) is 16.7 Å². The number of hydrogen-bond donors (Lipinski definition) is 1. The number of carbonyl (C=O) groups is 3. The molecule has 0 saturated carbocycles. The molecule has 0 bridgehead atoms. The van der Waals surface area contributed by atoms with Crippen molar-refractivity contribution >= 4 is 63.0 Å². The summed E-state index contributed by atoms with van der Waals surface area (Å²) in [6.07, 6.45) is -4.81. The third-order valence-corrected chi connectivity index (χ3v) is 11.6. The Bertz CT molecular complexity index is 2200. The van der Waals surface area contributed by atoms with Gasteiger partial charge in [0.1, 0.15) is 11.8 Å². The lowest BCUT2D eigenvalue weighted by molar-refractivity contribution is -0.137. The maximum absolute atomic E-state index is 14.2. The summed E-state index contributed by atoms with van der Waals surface area (Å²) >= 11 is 1.84. The van der Waals surface area contributed by atoms with Crippen LogP contribution in [0.25, 0.3) is 10.8 Å². The number of para-hydroxylation sites is 1. The average molecular weight is 702 g/mol. The average Bonchev–Trinajstić information content (AvgIpc) is 3.50. The lowest BCUT2D eigenvalue weighted by Gasteiger charge is -2.31. The monoisotopic (exact) mass is 701 g/mol. The number of alkyl halides is 3. The van der Waals surface area contributed by atoms with Crippen molar-refractivity contribution in [2.45, 2.75) is 55.1 Å². The van der Waals surface area contributed by atoms with E-state index in [-0.39, 0.29) is 12.0 Å². The first kappa shape index (κ1) is 32.8. The summed E-state index contributed by atoms with van der Waals surface area (Å²) in [6.45, 7) is 5.80. The molecule has 4 aromatic carbocycles. The molecule has 7 rings (SSSR count). The fraction of sp³-hybridized carbons (Fsp3) is 0.243. The van der Waals surface area contributed by atoms with Crippen LogP contribution in [-0.2, 0) is 32.5 Å². The van der Waals surface area contributed by atoms with E-state index in [0.29, 0.717) is 26.1 Å². The van der Waals surface area contributed by atoms with E-state index >= 15 is 0 Å². The van der Waals surface area contributed by atoms with Gasteiger partial charge in [-0.1, -0.05) is 117 Å². The van der Waals surface area contributed by atoms with Gasteiger partial charge in [0.25, 0.3) is 0 Å². The number of thiazole rings is 1. The van der Waals surface area contributed by atoms with Crippen LogP contribution in [0.2, 0.25) is 0 Å². The first-order chi connectivity index (χ1) is 23.2. The molecule has 1 N–H and O–H groups in total. The molecule has 0 radical (unpaired) electrons. The fourth-order valence-corrected chi connectivity index (χ4v) is 9.39. The number of nitrogens with zero attached hydrogens (tertiary/aromatic N) is 2. The molecule has 7 nitrogen and oxygen atoms in total. The summed E-state index contributed by atoms with van der Waals surface area (Å²) in [5.74, 6) is -3.93. The molecule has 1 aromatic heterocycles. The maximum Gasteiger partial charge on any atom is 0.418 e. The number of rotatable bonds is 5. The molecule has 0 unspecified atom stereocenters. The predicted octanol–water partition coefficient (Wildman–Crippen LogP) is 7.81. The number of fused-ring (bicyclic) bond motifs is 3. The Morgan fingerprint density at radius 3 is 2.22 bits per heavy atom. The molecule has 3 atom stereocenters. The number of thioether (sulfide) groups is 1. The number of amides is 3. The van der Waals surface area contributed by atoms with Gasteiger partial charge in [-0.25, -0.2) is 4.90 Å². The molecule has 2 aliphatic rings. The molecule has 250 valence electrons. The quantitative estimate of drug-likeness (QED) is 0.189. The Balaban J connectivity index is 1.31. The van der Waals surface area contributed by atoms with Crippen LogP contribution in [0.1, 0.15) is 48.3 Å². The van der Waals surface area contributed by atoms with Gasteiger partial charge in [-0.2, -0.15) is 13.2 Å². The Labute approximate surface area is 287 Å². The van der Waals surface area contributed by atoms with Crippen molar-refractivity contribution in [3.8, 4) is 0 Å². The van der Waals surface area contributed by atoms with Crippen molar-refractivity contribution in [2.24, 2.45) is 5.92 Å². The molecule has 12 heteroatoms. The van der Waals surface area contributed by atoms with Crippen molar-refractivity contribution in [3.63, 3.8) is 0 Å². The normalized spacial score (nSPS) is 19.2. The van der Waals surface area contributed by atoms with Gasteiger partial charge in [0.2, 0.25) is 17.7 Å². The summed E-state index contributed by atoms with van der Waals surface area (Å²) in [7, 11) is 0. The molecule has 1 fully saturated rings. The number of halogens is 3. The Hall–Kier alpha value is -4.68. The number of nitrogens with one attached hydrogen (secondary N) is 1. The Morgan fingerprint density at radius 2 is 1.51 bits per heavy atom. The van der Waals surface area contributed by atoms with E-state index < -0.39 is 57.1 Å². The number of hydrogen-bond acceptors (Lipinski definition) is 6. The Morgan fingerprint density at radius 1 is 0.837 bits per heavy atom. The zero-order valence-corrected chi connectivity index (χ0v) is 28.2. The van der Waals surface area contributed by atoms with E-state index in [1.807, 2.05) is 60.7 Å². The van der Waals surface area contributed by atoms with Crippen molar-refractivity contribution in [2.75, 3.05) is 10.2 Å². The van der Waals surface area contributed by atoms with Crippen LogP contribution in [0.3, 0.4) is 0 Å². The number of benzene rings is 4. The van der Waals surface area contributed by atoms with Crippen molar-refractivity contribution in [1.82, 2.24) is 4.57 Å². The molecule has 0 aliphatic carbocycles. The van der Waals surface area contributed by atoms with E-state index in [2.05, 4.69) is 26.1 Å². The smallest absolute Gasteiger partial charge is 0.324 e. The SMILES string of the molecule is CC(C)(C)c1ccc([C@@H]2c3sc(=O)n(CC(=O)Nc4cccc5ccccc45)c3S[C@H]3C(=O)N(c4ccccc4C(F)(F)F)C(=O)[C@@H]23)cc1. The second-order valence-electron chi connectivity index (χ2n) is 13.1. The molecule has 2 aliphatic heterocycles. The van der Waals surface area contributed by atoms with Crippen LogP contribution in [0.15, 0.2) is 101 Å². The number of aromatic nitrogens is 1. The fourth-order valence-electron chi connectivity index (χ4n) is 6.62. The summed E-state index contributed by atoms with van der Waals surface area (Å²) in [4.78, 5) is 56.0. The van der Waals surface area contributed by atoms with Crippen LogP contribution in [0.4, 0.5) is 24.5 Å². The van der Waals surface area contributed by atoms with Crippen LogP contribution in [0, 0.1) is 5.92 Å². The van der Waals surface area contributed by atoms with Crippen LogP contribution in [-0.4, -0.2) is 27.5 Å². The molecular formula is C37H30F3N3O4S2. The molecule has 49 heavy (non-hydrogen) atoms. The second-order valence-corrected chi connectivity index (χ2v) is 15.3. The minimum atomic E-state index is -4.81. The topological polar surface area (TPSA) is 88.5 Å². The van der Waals surface area contributed by atoms with E-state index in [0.717, 1.165) is 51.6 Å². The first-order valence-electron chi connectivity index (χ1n) is 15.6. The van der Waals surface area contributed by atoms with Crippen molar-refractivity contribution in [1.29, 1.82) is 0 Å². The zero-order chi connectivity index (χ0) is 34.8. The largest absolute Gasteiger partial charge is 0.418 e. The van der Waals surface area contributed by atoms with Gasteiger partial charge in [0.05, 0.1) is 22.2 Å². The minimum absolute atomic E-state index is 0.183. The molecule has 1 saturated heterocycles. The zero-order valence-electron chi connectivity index (χ0n) is 26.6. The summed E-state index contributed by atoms with van der Waals surface area (Å²) in [5.41, 5.74) is 0.423.